The van der Waals surface area contributed by atoms with Crippen molar-refractivity contribution >= 4 is 27.5 Å². The minimum atomic E-state index is -0.0866. The zero-order valence-corrected chi connectivity index (χ0v) is 13.4. The third kappa shape index (κ3) is 2.67. The molecule has 1 amide bonds. The van der Waals surface area contributed by atoms with Gasteiger partial charge >= 0.3 is 0 Å². The number of hydrogen-bond acceptors (Lipinski definition) is 5. The summed E-state index contributed by atoms with van der Waals surface area (Å²) in [4.78, 5) is 18.1. The zero-order valence-electron chi connectivity index (χ0n) is 12.6. The smallest absolute Gasteiger partial charge is 0.261 e. The Bertz CT molecular complexity index is 786. The van der Waals surface area contributed by atoms with Crippen molar-refractivity contribution in [2.45, 2.75) is 13.5 Å². The van der Waals surface area contributed by atoms with Crippen LogP contribution in [0.4, 0.5) is 0 Å². The quantitative estimate of drug-likeness (QED) is 0.802. The Labute approximate surface area is 131 Å². The van der Waals surface area contributed by atoms with E-state index in [1.807, 2.05) is 26.1 Å². The maximum Gasteiger partial charge on any atom is 0.261 e. The number of carbonyl (C=O) groups excluding carboxylic acids is 1. The maximum atomic E-state index is 12.3. The summed E-state index contributed by atoms with van der Waals surface area (Å²) in [6.07, 6.45) is 1.69. The van der Waals surface area contributed by atoms with Crippen LogP contribution in [0.5, 0.6) is 5.88 Å². The average molecular weight is 316 g/mol. The highest BCUT2D eigenvalue weighted by molar-refractivity contribution is 7.20. The number of rotatable bonds is 4. The number of nitrogens with one attached hydrogen (secondary N) is 1. The van der Waals surface area contributed by atoms with Gasteiger partial charge < -0.3 is 10.1 Å². The number of amides is 1. The van der Waals surface area contributed by atoms with Crippen molar-refractivity contribution in [2.24, 2.45) is 7.05 Å². The molecular formula is C15H16N4O2S. The molecule has 3 aromatic rings. The second-order valence-corrected chi connectivity index (χ2v) is 5.96. The first-order chi connectivity index (χ1) is 10.6. The van der Waals surface area contributed by atoms with E-state index in [4.69, 9.17) is 4.74 Å². The SMILES string of the molecule is COc1ccc(CNC(=O)c2cc3c(C)nn(C)c3s2)cn1. The molecule has 0 bridgehead atoms. The van der Waals surface area contributed by atoms with Gasteiger partial charge in [-0.1, -0.05) is 6.07 Å². The predicted octanol–water partition coefficient (Wildman–Crippen LogP) is 2.28. The summed E-state index contributed by atoms with van der Waals surface area (Å²) in [5.41, 5.74) is 1.86. The molecule has 0 unspecified atom stereocenters. The Morgan fingerprint density at radius 3 is 2.91 bits per heavy atom. The zero-order chi connectivity index (χ0) is 15.7. The number of thiophene rings is 1. The van der Waals surface area contributed by atoms with Crippen molar-refractivity contribution in [2.75, 3.05) is 7.11 Å². The molecule has 0 aliphatic heterocycles. The number of methoxy groups -OCH3 is 1. The second-order valence-electron chi connectivity index (χ2n) is 4.93. The molecule has 0 aromatic carbocycles. The van der Waals surface area contributed by atoms with Crippen LogP contribution in [-0.4, -0.2) is 27.8 Å². The molecule has 1 N–H and O–H groups in total. The van der Waals surface area contributed by atoms with E-state index < -0.39 is 0 Å². The van der Waals surface area contributed by atoms with Gasteiger partial charge in [0.15, 0.2) is 0 Å². The van der Waals surface area contributed by atoms with Gasteiger partial charge in [0.05, 0.1) is 17.7 Å². The summed E-state index contributed by atoms with van der Waals surface area (Å²) >= 11 is 1.45. The summed E-state index contributed by atoms with van der Waals surface area (Å²) in [6.45, 7) is 2.38. The van der Waals surface area contributed by atoms with E-state index in [-0.39, 0.29) is 5.91 Å². The van der Waals surface area contributed by atoms with E-state index in [2.05, 4.69) is 15.4 Å². The number of aromatic nitrogens is 3. The van der Waals surface area contributed by atoms with E-state index in [9.17, 15) is 4.79 Å². The Hall–Kier alpha value is -2.41. The van der Waals surface area contributed by atoms with Gasteiger partial charge in [-0.15, -0.1) is 11.3 Å². The van der Waals surface area contributed by atoms with Crippen molar-refractivity contribution in [3.05, 3.63) is 40.5 Å². The molecule has 0 spiro atoms. The van der Waals surface area contributed by atoms with Crippen LogP contribution in [0.15, 0.2) is 24.4 Å². The van der Waals surface area contributed by atoms with E-state index in [1.165, 1.54) is 11.3 Å². The fourth-order valence-electron chi connectivity index (χ4n) is 2.22. The summed E-state index contributed by atoms with van der Waals surface area (Å²) in [6, 6.07) is 5.55. The summed E-state index contributed by atoms with van der Waals surface area (Å²) in [5, 5.41) is 8.27. The van der Waals surface area contributed by atoms with E-state index in [0.29, 0.717) is 17.3 Å². The van der Waals surface area contributed by atoms with Crippen LogP contribution >= 0.6 is 11.3 Å². The van der Waals surface area contributed by atoms with Gasteiger partial charge in [0.25, 0.3) is 5.91 Å². The van der Waals surface area contributed by atoms with Gasteiger partial charge in [0, 0.05) is 31.2 Å². The minimum Gasteiger partial charge on any atom is -0.481 e. The first-order valence-corrected chi connectivity index (χ1v) is 7.60. The molecule has 0 radical (unpaired) electrons. The van der Waals surface area contributed by atoms with E-state index in [0.717, 1.165) is 21.5 Å². The average Bonchev–Trinajstić information content (AvgIpc) is 3.08. The van der Waals surface area contributed by atoms with Crippen LogP contribution in [0.25, 0.3) is 10.2 Å². The van der Waals surface area contributed by atoms with Crippen LogP contribution in [0.2, 0.25) is 0 Å². The van der Waals surface area contributed by atoms with Gasteiger partial charge in [-0.3, -0.25) is 9.48 Å². The summed E-state index contributed by atoms with van der Waals surface area (Å²) in [5.74, 6) is 0.471. The van der Waals surface area contributed by atoms with Gasteiger partial charge in [-0.05, 0) is 18.6 Å². The Kier molecular flexibility index (Phi) is 3.81. The third-order valence-corrected chi connectivity index (χ3v) is 4.58. The van der Waals surface area contributed by atoms with Gasteiger partial charge in [-0.25, -0.2) is 4.98 Å². The number of pyridine rings is 1. The number of aryl methyl sites for hydroxylation is 2. The number of fused-ring (bicyclic) bond motifs is 1. The molecule has 6 nitrogen and oxygen atoms in total. The number of ether oxygens (including phenoxy) is 1. The second kappa shape index (κ2) is 5.76. The highest BCUT2D eigenvalue weighted by Crippen LogP contribution is 2.27. The lowest BCUT2D eigenvalue weighted by molar-refractivity contribution is 0.0955. The first kappa shape index (κ1) is 14.5. The van der Waals surface area contributed by atoms with Crippen molar-refractivity contribution in [1.82, 2.24) is 20.1 Å². The van der Waals surface area contributed by atoms with Crippen molar-refractivity contribution in [3.63, 3.8) is 0 Å². The largest absolute Gasteiger partial charge is 0.481 e. The molecule has 0 aliphatic rings. The molecular weight excluding hydrogens is 300 g/mol. The molecule has 7 heteroatoms. The molecule has 0 saturated carbocycles. The fraction of sp³-hybridized carbons (Fsp3) is 0.267. The summed E-state index contributed by atoms with van der Waals surface area (Å²) < 4.78 is 6.81. The first-order valence-electron chi connectivity index (χ1n) is 6.78. The van der Waals surface area contributed by atoms with Gasteiger partial charge in [0.1, 0.15) is 4.83 Å². The Morgan fingerprint density at radius 1 is 1.45 bits per heavy atom. The van der Waals surface area contributed by atoms with Crippen LogP contribution in [0.1, 0.15) is 20.9 Å². The van der Waals surface area contributed by atoms with Gasteiger partial charge in [0.2, 0.25) is 5.88 Å². The molecule has 0 aliphatic carbocycles. The Morgan fingerprint density at radius 2 is 2.27 bits per heavy atom. The van der Waals surface area contributed by atoms with Crippen molar-refractivity contribution in [3.8, 4) is 5.88 Å². The molecule has 3 rings (SSSR count). The third-order valence-electron chi connectivity index (χ3n) is 3.38. The number of nitrogens with zero attached hydrogens (tertiary/aromatic N) is 3. The molecule has 0 fully saturated rings. The predicted molar refractivity (Wildman–Crippen MR) is 85.3 cm³/mol. The molecule has 0 atom stereocenters. The normalized spacial score (nSPS) is 10.9. The molecule has 114 valence electrons. The summed E-state index contributed by atoms with van der Waals surface area (Å²) in [7, 11) is 3.46. The highest BCUT2D eigenvalue weighted by Gasteiger charge is 2.14. The topological polar surface area (TPSA) is 69.0 Å². The molecule has 0 saturated heterocycles. The molecule has 3 aromatic heterocycles. The lowest BCUT2D eigenvalue weighted by Crippen LogP contribution is -2.21. The van der Waals surface area contributed by atoms with Crippen LogP contribution in [0, 0.1) is 6.92 Å². The van der Waals surface area contributed by atoms with Crippen LogP contribution in [-0.2, 0) is 13.6 Å². The van der Waals surface area contributed by atoms with E-state index in [1.54, 1.807) is 24.1 Å². The van der Waals surface area contributed by atoms with Gasteiger partial charge in [-0.2, -0.15) is 5.10 Å². The number of carbonyl (C=O) groups is 1. The van der Waals surface area contributed by atoms with E-state index >= 15 is 0 Å². The van der Waals surface area contributed by atoms with Crippen LogP contribution in [0.3, 0.4) is 0 Å². The fourth-order valence-corrected chi connectivity index (χ4v) is 3.26. The van der Waals surface area contributed by atoms with Crippen molar-refractivity contribution < 1.29 is 9.53 Å². The molecule has 22 heavy (non-hydrogen) atoms. The molecule has 3 heterocycles. The lowest BCUT2D eigenvalue weighted by Gasteiger charge is -2.04. The lowest BCUT2D eigenvalue weighted by atomic mass is 10.2. The van der Waals surface area contributed by atoms with Crippen LogP contribution < -0.4 is 10.1 Å². The minimum absolute atomic E-state index is 0.0866. The van der Waals surface area contributed by atoms with Crippen molar-refractivity contribution in [1.29, 1.82) is 0 Å². The highest BCUT2D eigenvalue weighted by atomic mass is 32.1. The monoisotopic (exact) mass is 316 g/mol. The standard InChI is InChI=1S/C15H16N4O2S/c1-9-11-6-12(22-15(11)19(2)18-9)14(20)17-8-10-4-5-13(21-3)16-7-10/h4-7H,8H2,1-3H3,(H,17,20). The maximum absolute atomic E-state index is 12.3. The Balaban J connectivity index is 1.71. The number of hydrogen-bond donors (Lipinski definition) is 1.